The Morgan fingerprint density at radius 2 is 2.00 bits per heavy atom. The molecule has 0 aromatic carbocycles. The predicted octanol–water partition coefficient (Wildman–Crippen LogP) is 1.97. The van der Waals surface area contributed by atoms with E-state index in [1.807, 2.05) is 13.8 Å². The highest BCUT2D eigenvalue weighted by Crippen LogP contribution is 2.24. The molecule has 0 spiro atoms. The standard InChI is InChI=1S/C11H16ClN3O/c1-7-6-15(4-5-16-7)11-10(12)13-8(2)9(3)14-11/h7H,4-6H2,1-3H3. The minimum absolute atomic E-state index is 0.216. The number of anilines is 1. The predicted molar refractivity (Wildman–Crippen MR) is 64.1 cm³/mol. The van der Waals surface area contributed by atoms with Crippen molar-refractivity contribution in [3.8, 4) is 0 Å². The molecule has 1 unspecified atom stereocenters. The second-order valence-corrected chi connectivity index (χ2v) is 4.49. The van der Waals surface area contributed by atoms with Crippen LogP contribution in [-0.2, 0) is 4.74 Å². The van der Waals surface area contributed by atoms with Crippen molar-refractivity contribution in [2.75, 3.05) is 24.6 Å². The Labute approximate surface area is 101 Å². The number of nitrogens with zero attached hydrogens (tertiary/aromatic N) is 3. The van der Waals surface area contributed by atoms with Gasteiger partial charge < -0.3 is 9.64 Å². The van der Waals surface area contributed by atoms with Gasteiger partial charge in [-0.1, -0.05) is 11.6 Å². The zero-order chi connectivity index (χ0) is 11.7. The second-order valence-electron chi connectivity index (χ2n) is 4.14. The van der Waals surface area contributed by atoms with E-state index in [2.05, 4.69) is 21.8 Å². The summed E-state index contributed by atoms with van der Waals surface area (Å²) in [4.78, 5) is 10.9. The fraction of sp³-hybridized carbons (Fsp3) is 0.636. The molecule has 0 N–H and O–H groups in total. The van der Waals surface area contributed by atoms with E-state index >= 15 is 0 Å². The lowest BCUT2D eigenvalue weighted by atomic mass is 10.3. The molecular weight excluding hydrogens is 226 g/mol. The van der Waals surface area contributed by atoms with Crippen LogP contribution in [0.25, 0.3) is 0 Å². The molecule has 2 heterocycles. The average Bonchev–Trinajstić information content (AvgIpc) is 2.23. The van der Waals surface area contributed by atoms with Crippen LogP contribution in [0.1, 0.15) is 18.3 Å². The maximum Gasteiger partial charge on any atom is 0.171 e. The van der Waals surface area contributed by atoms with Gasteiger partial charge in [0.2, 0.25) is 0 Å². The highest BCUT2D eigenvalue weighted by atomic mass is 35.5. The van der Waals surface area contributed by atoms with E-state index in [4.69, 9.17) is 16.3 Å². The SMILES string of the molecule is Cc1nc(Cl)c(N2CCOC(C)C2)nc1C. The van der Waals surface area contributed by atoms with Crippen molar-refractivity contribution in [1.82, 2.24) is 9.97 Å². The van der Waals surface area contributed by atoms with Crippen LogP contribution in [0.3, 0.4) is 0 Å². The van der Waals surface area contributed by atoms with Gasteiger partial charge in [0.1, 0.15) is 0 Å². The van der Waals surface area contributed by atoms with E-state index in [9.17, 15) is 0 Å². The van der Waals surface area contributed by atoms with Crippen LogP contribution in [0.15, 0.2) is 0 Å². The lowest BCUT2D eigenvalue weighted by Gasteiger charge is -2.32. The maximum absolute atomic E-state index is 6.13. The molecule has 0 radical (unpaired) electrons. The van der Waals surface area contributed by atoms with Crippen molar-refractivity contribution in [1.29, 1.82) is 0 Å². The molecule has 16 heavy (non-hydrogen) atoms. The van der Waals surface area contributed by atoms with E-state index in [0.717, 1.165) is 30.3 Å². The Morgan fingerprint density at radius 3 is 2.69 bits per heavy atom. The molecule has 1 fully saturated rings. The Hall–Kier alpha value is -0.870. The minimum Gasteiger partial charge on any atom is -0.375 e. The fourth-order valence-electron chi connectivity index (χ4n) is 1.78. The lowest BCUT2D eigenvalue weighted by Crippen LogP contribution is -2.41. The van der Waals surface area contributed by atoms with Gasteiger partial charge in [0, 0.05) is 13.1 Å². The Morgan fingerprint density at radius 1 is 1.31 bits per heavy atom. The molecule has 1 aliphatic heterocycles. The highest BCUT2D eigenvalue weighted by molar-refractivity contribution is 6.31. The van der Waals surface area contributed by atoms with E-state index in [0.29, 0.717) is 11.8 Å². The second kappa shape index (κ2) is 4.55. The third kappa shape index (κ3) is 2.28. The van der Waals surface area contributed by atoms with E-state index in [1.54, 1.807) is 0 Å². The van der Waals surface area contributed by atoms with Crippen molar-refractivity contribution in [2.24, 2.45) is 0 Å². The van der Waals surface area contributed by atoms with Gasteiger partial charge in [0.05, 0.1) is 24.1 Å². The highest BCUT2D eigenvalue weighted by Gasteiger charge is 2.21. The van der Waals surface area contributed by atoms with Gasteiger partial charge in [-0.3, -0.25) is 0 Å². The quantitative estimate of drug-likeness (QED) is 0.754. The number of hydrogen-bond acceptors (Lipinski definition) is 4. The molecule has 0 bridgehead atoms. The van der Waals surface area contributed by atoms with E-state index < -0.39 is 0 Å². The average molecular weight is 242 g/mol. The molecule has 88 valence electrons. The molecule has 2 rings (SSSR count). The van der Waals surface area contributed by atoms with Crippen molar-refractivity contribution in [2.45, 2.75) is 26.9 Å². The molecule has 0 amide bonds. The Balaban J connectivity index is 2.29. The van der Waals surface area contributed by atoms with Crippen LogP contribution in [-0.4, -0.2) is 35.8 Å². The van der Waals surface area contributed by atoms with Gasteiger partial charge >= 0.3 is 0 Å². The number of aromatic nitrogens is 2. The number of rotatable bonds is 1. The molecule has 1 saturated heterocycles. The first kappa shape index (κ1) is 11.6. The molecule has 1 aromatic rings. The fourth-order valence-corrected chi connectivity index (χ4v) is 2.06. The van der Waals surface area contributed by atoms with Crippen molar-refractivity contribution < 1.29 is 4.74 Å². The summed E-state index contributed by atoms with van der Waals surface area (Å²) in [5.41, 5.74) is 1.81. The van der Waals surface area contributed by atoms with E-state index in [1.165, 1.54) is 0 Å². The first-order chi connectivity index (χ1) is 7.58. The molecule has 0 saturated carbocycles. The molecule has 4 nitrogen and oxygen atoms in total. The van der Waals surface area contributed by atoms with Crippen LogP contribution in [0.4, 0.5) is 5.82 Å². The normalized spacial score (nSPS) is 21.2. The third-order valence-corrected chi connectivity index (χ3v) is 3.04. The van der Waals surface area contributed by atoms with E-state index in [-0.39, 0.29) is 6.10 Å². The summed E-state index contributed by atoms with van der Waals surface area (Å²) in [7, 11) is 0. The maximum atomic E-state index is 6.13. The smallest absolute Gasteiger partial charge is 0.171 e. The zero-order valence-corrected chi connectivity index (χ0v) is 10.6. The lowest BCUT2D eigenvalue weighted by molar-refractivity contribution is 0.0529. The zero-order valence-electron chi connectivity index (χ0n) is 9.83. The largest absolute Gasteiger partial charge is 0.375 e. The summed E-state index contributed by atoms with van der Waals surface area (Å²) in [5, 5.41) is 0.484. The van der Waals surface area contributed by atoms with Gasteiger partial charge in [-0.15, -0.1) is 0 Å². The molecule has 5 heteroatoms. The summed E-state index contributed by atoms with van der Waals surface area (Å²) in [6, 6.07) is 0. The van der Waals surface area contributed by atoms with Gasteiger partial charge in [-0.25, -0.2) is 9.97 Å². The molecular formula is C11H16ClN3O. The van der Waals surface area contributed by atoms with Gasteiger partial charge in [0.15, 0.2) is 11.0 Å². The number of morpholine rings is 1. The summed E-state index contributed by atoms with van der Waals surface area (Å²) >= 11 is 6.13. The third-order valence-electron chi connectivity index (χ3n) is 2.79. The summed E-state index contributed by atoms with van der Waals surface area (Å²) in [6.07, 6.45) is 0.216. The van der Waals surface area contributed by atoms with Crippen molar-refractivity contribution in [3.05, 3.63) is 16.5 Å². The summed E-state index contributed by atoms with van der Waals surface area (Å²) < 4.78 is 5.49. The number of halogens is 1. The monoisotopic (exact) mass is 241 g/mol. The Kier molecular flexibility index (Phi) is 3.30. The van der Waals surface area contributed by atoms with Gasteiger partial charge in [-0.2, -0.15) is 0 Å². The van der Waals surface area contributed by atoms with Gasteiger partial charge in [-0.05, 0) is 20.8 Å². The number of ether oxygens (including phenoxy) is 1. The van der Waals surface area contributed by atoms with Crippen molar-refractivity contribution >= 4 is 17.4 Å². The van der Waals surface area contributed by atoms with Crippen LogP contribution in [0.2, 0.25) is 5.15 Å². The first-order valence-electron chi connectivity index (χ1n) is 5.45. The summed E-state index contributed by atoms with van der Waals surface area (Å²) in [6.45, 7) is 8.27. The van der Waals surface area contributed by atoms with Crippen LogP contribution in [0, 0.1) is 13.8 Å². The Bertz CT molecular complexity index is 397. The topological polar surface area (TPSA) is 38.2 Å². The minimum atomic E-state index is 0.216. The first-order valence-corrected chi connectivity index (χ1v) is 5.83. The number of hydrogen-bond donors (Lipinski definition) is 0. The van der Waals surface area contributed by atoms with Gasteiger partial charge in [0.25, 0.3) is 0 Å². The van der Waals surface area contributed by atoms with Crippen LogP contribution >= 0.6 is 11.6 Å². The van der Waals surface area contributed by atoms with Crippen LogP contribution < -0.4 is 4.90 Å². The molecule has 0 aliphatic carbocycles. The van der Waals surface area contributed by atoms with Crippen molar-refractivity contribution in [3.63, 3.8) is 0 Å². The molecule has 1 aliphatic rings. The number of aryl methyl sites for hydroxylation is 2. The molecule has 1 aromatic heterocycles. The molecule has 1 atom stereocenters. The van der Waals surface area contributed by atoms with Crippen LogP contribution in [0.5, 0.6) is 0 Å². The summed E-state index contributed by atoms with van der Waals surface area (Å²) in [5.74, 6) is 0.778.